The van der Waals surface area contributed by atoms with E-state index < -0.39 is 5.92 Å². The van der Waals surface area contributed by atoms with Crippen molar-refractivity contribution in [3.8, 4) is 11.5 Å². The van der Waals surface area contributed by atoms with Crippen molar-refractivity contribution in [1.82, 2.24) is 4.98 Å². The third kappa shape index (κ3) is 3.73. The van der Waals surface area contributed by atoms with Gasteiger partial charge >= 0.3 is 0 Å². The molecule has 2 aromatic carbocycles. The van der Waals surface area contributed by atoms with Crippen molar-refractivity contribution in [2.45, 2.75) is 13.3 Å². The van der Waals surface area contributed by atoms with Gasteiger partial charge in [0.15, 0.2) is 11.5 Å². The van der Waals surface area contributed by atoms with Crippen LogP contribution in [-0.2, 0) is 9.59 Å². The number of carbonyl (C=O) groups excluding carboxylic acids is 2. The summed E-state index contributed by atoms with van der Waals surface area (Å²) < 4.78 is 15.9. The van der Waals surface area contributed by atoms with Crippen LogP contribution < -0.4 is 19.7 Å². The van der Waals surface area contributed by atoms with E-state index in [1.54, 1.807) is 62.4 Å². The van der Waals surface area contributed by atoms with Crippen LogP contribution in [-0.4, -0.2) is 37.6 Å². The Morgan fingerprint density at radius 1 is 1.17 bits per heavy atom. The van der Waals surface area contributed by atoms with Gasteiger partial charge in [0.05, 0.1) is 20.1 Å². The normalized spacial score (nSPS) is 16.3. The lowest BCUT2D eigenvalue weighted by atomic mass is 10.1. The molecule has 0 spiro atoms. The summed E-state index contributed by atoms with van der Waals surface area (Å²) in [5.41, 5.74) is 2.61. The number of ether oxygens (including phenoxy) is 2. The van der Waals surface area contributed by atoms with Gasteiger partial charge in [0, 0.05) is 49.5 Å². The number of rotatable bonds is 5. The molecule has 1 aliphatic rings. The minimum absolute atomic E-state index is 0.104. The van der Waals surface area contributed by atoms with Crippen LogP contribution in [0, 0.1) is 12.8 Å². The number of hydrogen-bond donors (Lipinski definition) is 1. The summed E-state index contributed by atoms with van der Waals surface area (Å²) in [6.45, 7) is 2.07. The van der Waals surface area contributed by atoms with Gasteiger partial charge in [0.2, 0.25) is 11.8 Å². The van der Waals surface area contributed by atoms with Gasteiger partial charge in [-0.25, -0.2) is 4.98 Å². The van der Waals surface area contributed by atoms with Gasteiger partial charge in [-0.2, -0.15) is 0 Å². The molecule has 1 fully saturated rings. The van der Waals surface area contributed by atoms with Gasteiger partial charge in [0.25, 0.3) is 0 Å². The predicted molar refractivity (Wildman–Crippen MR) is 107 cm³/mol. The van der Waals surface area contributed by atoms with Gasteiger partial charge in [-0.1, -0.05) is 0 Å². The largest absolute Gasteiger partial charge is 0.497 e. The highest BCUT2D eigenvalue weighted by Gasteiger charge is 2.35. The zero-order chi connectivity index (χ0) is 20.5. The standard InChI is InChI=1S/C21H21N3O5/c1-12-22-18-9-15(4-5-19(18)29-12)24-11-13(6-20(24)25)21(26)23-14-7-16(27-2)10-17(8-14)28-3/h4-5,7-10,13H,6,11H2,1-3H3,(H,23,26). The van der Waals surface area contributed by atoms with E-state index in [1.165, 1.54) is 0 Å². The first-order valence-corrected chi connectivity index (χ1v) is 9.18. The van der Waals surface area contributed by atoms with Crippen LogP contribution in [0.2, 0.25) is 0 Å². The summed E-state index contributed by atoms with van der Waals surface area (Å²) in [5.74, 6) is 0.910. The Labute approximate surface area is 167 Å². The van der Waals surface area contributed by atoms with E-state index in [-0.39, 0.29) is 18.2 Å². The fraction of sp³-hybridized carbons (Fsp3) is 0.286. The Bertz CT molecular complexity index is 1070. The van der Waals surface area contributed by atoms with E-state index in [2.05, 4.69) is 10.3 Å². The average molecular weight is 395 g/mol. The number of carbonyl (C=O) groups is 2. The number of amides is 2. The molecule has 2 heterocycles. The van der Waals surface area contributed by atoms with Crippen molar-refractivity contribution in [3.63, 3.8) is 0 Å². The maximum atomic E-state index is 12.8. The van der Waals surface area contributed by atoms with Crippen molar-refractivity contribution >= 4 is 34.3 Å². The van der Waals surface area contributed by atoms with Crippen LogP contribution in [0.4, 0.5) is 11.4 Å². The molecule has 2 amide bonds. The maximum Gasteiger partial charge on any atom is 0.229 e. The number of nitrogens with zero attached hydrogens (tertiary/aromatic N) is 2. The Balaban J connectivity index is 1.50. The van der Waals surface area contributed by atoms with Gasteiger partial charge in [0.1, 0.15) is 17.0 Å². The van der Waals surface area contributed by atoms with Crippen LogP contribution >= 0.6 is 0 Å². The molecule has 8 nitrogen and oxygen atoms in total. The van der Waals surface area contributed by atoms with Crippen LogP contribution in [0.25, 0.3) is 11.1 Å². The number of benzene rings is 2. The molecule has 1 aliphatic heterocycles. The van der Waals surface area contributed by atoms with E-state index in [0.717, 1.165) is 0 Å². The van der Waals surface area contributed by atoms with E-state index in [4.69, 9.17) is 13.9 Å². The number of anilines is 2. The Morgan fingerprint density at radius 2 is 1.90 bits per heavy atom. The maximum absolute atomic E-state index is 12.8. The fourth-order valence-corrected chi connectivity index (χ4v) is 3.46. The van der Waals surface area contributed by atoms with E-state index in [0.29, 0.717) is 46.4 Å². The number of aromatic nitrogens is 1. The Kier molecular flexibility index (Phi) is 4.84. The second kappa shape index (κ2) is 7.46. The highest BCUT2D eigenvalue weighted by molar-refractivity contribution is 6.04. The molecule has 3 aromatic rings. The van der Waals surface area contributed by atoms with Gasteiger partial charge < -0.3 is 24.1 Å². The lowest BCUT2D eigenvalue weighted by Crippen LogP contribution is -2.28. The summed E-state index contributed by atoms with van der Waals surface area (Å²) in [6.07, 6.45) is 0.142. The molecular formula is C21H21N3O5. The molecule has 1 N–H and O–H groups in total. The first-order chi connectivity index (χ1) is 14.0. The molecule has 4 rings (SSSR count). The molecule has 0 saturated carbocycles. The van der Waals surface area contributed by atoms with Gasteiger partial charge in [-0.15, -0.1) is 0 Å². The number of nitrogens with one attached hydrogen (secondary N) is 1. The quantitative estimate of drug-likeness (QED) is 0.713. The second-order valence-corrected chi connectivity index (χ2v) is 6.88. The lowest BCUT2D eigenvalue weighted by molar-refractivity contribution is -0.122. The predicted octanol–water partition coefficient (Wildman–Crippen LogP) is 3.15. The molecule has 150 valence electrons. The van der Waals surface area contributed by atoms with E-state index in [1.807, 2.05) is 0 Å². The number of methoxy groups -OCH3 is 2. The second-order valence-electron chi connectivity index (χ2n) is 6.88. The van der Waals surface area contributed by atoms with Crippen LogP contribution in [0.15, 0.2) is 40.8 Å². The summed E-state index contributed by atoms with van der Waals surface area (Å²) in [7, 11) is 3.09. The minimum atomic E-state index is -0.463. The molecule has 8 heteroatoms. The van der Waals surface area contributed by atoms with Crippen LogP contribution in [0.1, 0.15) is 12.3 Å². The first kappa shape index (κ1) is 18.8. The number of oxazole rings is 1. The molecule has 1 saturated heterocycles. The molecule has 0 aliphatic carbocycles. The lowest BCUT2D eigenvalue weighted by Gasteiger charge is -2.17. The van der Waals surface area contributed by atoms with Crippen molar-refractivity contribution in [3.05, 3.63) is 42.3 Å². The topological polar surface area (TPSA) is 93.9 Å². The highest BCUT2D eigenvalue weighted by atomic mass is 16.5. The fourth-order valence-electron chi connectivity index (χ4n) is 3.46. The monoisotopic (exact) mass is 395 g/mol. The zero-order valence-corrected chi connectivity index (χ0v) is 16.4. The molecule has 1 aromatic heterocycles. The van der Waals surface area contributed by atoms with Crippen LogP contribution in [0.5, 0.6) is 11.5 Å². The molecule has 1 unspecified atom stereocenters. The van der Waals surface area contributed by atoms with Crippen molar-refractivity contribution in [2.75, 3.05) is 31.0 Å². The SMILES string of the molecule is COc1cc(NC(=O)C2CC(=O)N(c3ccc4oc(C)nc4c3)C2)cc(OC)c1. The third-order valence-corrected chi connectivity index (χ3v) is 4.90. The number of aryl methyl sites for hydroxylation is 1. The van der Waals surface area contributed by atoms with Crippen molar-refractivity contribution < 1.29 is 23.5 Å². The molecule has 29 heavy (non-hydrogen) atoms. The summed E-state index contributed by atoms with van der Waals surface area (Å²) >= 11 is 0. The number of fused-ring (bicyclic) bond motifs is 1. The van der Waals surface area contributed by atoms with Crippen molar-refractivity contribution in [2.24, 2.45) is 5.92 Å². The molecule has 0 radical (unpaired) electrons. The van der Waals surface area contributed by atoms with Gasteiger partial charge in [-0.05, 0) is 18.2 Å². The number of hydrogen-bond acceptors (Lipinski definition) is 6. The van der Waals surface area contributed by atoms with Gasteiger partial charge in [-0.3, -0.25) is 9.59 Å². The third-order valence-electron chi connectivity index (χ3n) is 4.90. The molecular weight excluding hydrogens is 374 g/mol. The summed E-state index contributed by atoms with van der Waals surface area (Å²) in [4.78, 5) is 31.2. The average Bonchev–Trinajstić information content (AvgIpc) is 3.28. The summed E-state index contributed by atoms with van der Waals surface area (Å²) in [5, 5.41) is 2.85. The first-order valence-electron chi connectivity index (χ1n) is 9.18. The zero-order valence-electron chi connectivity index (χ0n) is 16.4. The van der Waals surface area contributed by atoms with E-state index in [9.17, 15) is 9.59 Å². The minimum Gasteiger partial charge on any atom is -0.497 e. The Hall–Kier alpha value is -3.55. The van der Waals surface area contributed by atoms with Crippen molar-refractivity contribution in [1.29, 1.82) is 0 Å². The molecule has 0 bridgehead atoms. The Morgan fingerprint density at radius 3 is 2.59 bits per heavy atom. The van der Waals surface area contributed by atoms with Crippen LogP contribution in [0.3, 0.4) is 0 Å². The van der Waals surface area contributed by atoms with E-state index >= 15 is 0 Å². The highest BCUT2D eigenvalue weighted by Crippen LogP contribution is 2.30. The summed E-state index contributed by atoms with van der Waals surface area (Å²) in [6, 6.07) is 10.5. The smallest absolute Gasteiger partial charge is 0.229 e. The molecule has 1 atom stereocenters.